The Labute approximate surface area is 126 Å². The summed E-state index contributed by atoms with van der Waals surface area (Å²) in [6.07, 6.45) is -0.329. The average molecular weight is 316 g/mol. The van der Waals surface area contributed by atoms with Crippen molar-refractivity contribution in [2.45, 2.75) is 31.4 Å². The second kappa shape index (κ2) is 7.86. The van der Waals surface area contributed by atoms with Crippen LogP contribution in [0.25, 0.3) is 0 Å². The van der Waals surface area contributed by atoms with Crippen LogP contribution in [0.1, 0.15) is 16.7 Å². The van der Waals surface area contributed by atoms with Crippen molar-refractivity contribution in [3.05, 3.63) is 28.8 Å². The number of methoxy groups -OCH3 is 2. The van der Waals surface area contributed by atoms with Gasteiger partial charge in [-0.15, -0.1) is 0 Å². The molecular weight excluding hydrogens is 292 g/mol. The van der Waals surface area contributed by atoms with Gasteiger partial charge in [0.2, 0.25) is 10.0 Å². The van der Waals surface area contributed by atoms with E-state index < -0.39 is 10.0 Å². The summed E-state index contributed by atoms with van der Waals surface area (Å²) in [5.74, 6) is 0. The van der Waals surface area contributed by atoms with E-state index >= 15 is 0 Å². The number of ether oxygens (including phenoxy) is 2. The molecule has 0 aliphatic rings. The summed E-state index contributed by atoms with van der Waals surface area (Å²) < 4.78 is 37.5. The summed E-state index contributed by atoms with van der Waals surface area (Å²) in [5.41, 5.74) is 8.15. The van der Waals surface area contributed by atoms with Crippen LogP contribution in [-0.2, 0) is 26.0 Å². The maximum Gasteiger partial charge on any atom is 0.240 e. The van der Waals surface area contributed by atoms with Crippen molar-refractivity contribution in [1.82, 2.24) is 4.72 Å². The topological polar surface area (TPSA) is 90.7 Å². The molecule has 0 amide bonds. The average Bonchev–Trinajstić information content (AvgIpc) is 2.43. The highest BCUT2D eigenvalue weighted by Gasteiger charge is 2.20. The molecule has 3 N–H and O–H groups in total. The monoisotopic (exact) mass is 316 g/mol. The van der Waals surface area contributed by atoms with Gasteiger partial charge in [0.15, 0.2) is 0 Å². The van der Waals surface area contributed by atoms with Gasteiger partial charge in [-0.3, -0.25) is 0 Å². The van der Waals surface area contributed by atoms with Crippen molar-refractivity contribution >= 4 is 10.0 Å². The number of sulfonamides is 1. The smallest absolute Gasteiger partial charge is 0.240 e. The summed E-state index contributed by atoms with van der Waals surface area (Å²) in [6, 6.07) is 3.46. The Kier molecular flexibility index (Phi) is 6.76. The first-order valence-electron chi connectivity index (χ1n) is 6.67. The van der Waals surface area contributed by atoms with Crippen LogP contribution in [-0.4, -0.2) is 41.9 Å². The highest BCUT2D eigenvalue weighted by Crippen LogP contribution is 2.20. The van der Waals surface area contributed by atoms with Crippen LogP contribution >= 0.6 is 0 Å². The molecule has 0 heterocycles. The fourth-order valence-corrected chi connectivity index (χ4v) is 3.40. The van der Waals surface area contributed by atoms with Gasteiger partial charge in [0.25, 0.3) is 0 Å². The first-order chi connectivity index (χ1) is 9.85. The number of rotatable bonds is 8. The maximum atomic E-state index is 12.4. The van der Waals surface area contributed by atoms with E-state index in [-0.39, 0.29) is 17.5 Å². The summed E-state index contributed by atoms with van der Waals surface area (Å²) in [5, 5.41) is 0. The van der Waals surface area contributed by atoms with Crippen LogP contribution in [0, 0.1) is 13.8 Å². The lowest BCUT2D eigenvalue weighted by atomic mass is 10.1. The summed E-state index contributed by atoms with van der Waals surface area (Å²) in [6.45, 7) is 4.46. The van der Waals surface area contributed by atoms with Gasteiger partial charge in [0.1, 0.15) is 0 Å². The maximum absolute atomic E-state index is 12.4. The molecule has 0 saturated carbocycles. The van der Waals surface area contributed by atoms with Crippen molar-refractivity contribution < 1.29 is 17.9 Å². The largest absolute Gasteiger partial charge is 0.382 e. The second-order valence-corrected chi connectivity index (χ2v) is 6.65. The third kappa shape index (κ3) is 4.76. The normalized spacial score (nSPS) is 13.4. The van der Waals surface area contributed by atoms with Gasteiger partial charge in [0.05, 0.1) is 17.6 Å². The Balaban J connectivity index is 2.97. The third-order valence-electron chi connectivity index (χ3n) is 3.33. The Hall–Kier alpha value is -0.990. The number of benzene rings is 1. The zero-order valence-electron chi connectivity index (χ0n) is 13.0. The molecule has 0 fully saturated rings. The first kappa shape index (κ1) is 18.1. The molecule has 0 aliphatic heterocycles. The molecular formula is C14H24N2O4S. The zero-order chi connectivity index (χ0) is 16.0. The summed E-state index contributed by atoms with van der Waals surface area (Å²) in [7, 11) is -0.550. The fraction of sp³-hybridized carbons (Fsp3) is 0.571. The molecule has 0 aromatic heterocycles. The second-order valence-electron chi connectivity index (χ2n) is 4.91. The molecule has 6 nitrogen and oxygen atoms in total. The number of nitrogens with two attached hydrogens (primary N) is 1. The molecule has 0 bridgehead atoms. The van der Waals surface area contributed by atoms with Gasteiger partial charge >= 0.3 is 0 Å². The Morgan fingerprint density at radius 2 is 1.90 bits per heavy atom. The number of nitrogens with one attached hydrogen (secondary N) is 1. The van der Waals surface area contributed by atoms with E-state index in [2.05, 4.69) is 4.72 Å². The van der Waals surface area contributed by atoms with E-state index in [1.807, 2.05) is 13.0 Å². The van der Waals surface area contributed by atoms with Crippen LogP contribution < -0.4 is 10.5 Å². The van der Waals surface area contributed by atoms with Crippen LogP contribution in [0.3, 0.4) is 0 Å². The van der Waals surface area contributed by atoms with E-state index in [0.717, 1.165) is 11.1 Å². The van der Waals surface area contributed by atoms with Gasteiger partial charge < -0.3 is 15.2 Å². The Morgan fingerprint density at radius 1 is 1.24 bits per heavy atom. The number of aryl methyl sites for hydroxylation is 2. The van der Waals surface area contributed by atoms with Crippen molar-refractivity contribution in [3.63, 3.8) is 0 Å². The molecule has 1 aromatic rings. The molecule has 7 heteroatoms. The molecule has 1 aromatic carbocycles. The highest BCUT2D eigenvalue weighted by atomic mass is 32.2. The molecule has 0 spiro atoms. The van der Waals surface area contributed by atoms with Gasteiger partial charge in [0, 0.05) is 27.3 Å². The van der Waals surface area contributed by atoms with Crippen LogP contribution in [0.15, 0.2) is 17.0 Å². The van der Waals surface area contributed by atoms with Gasteiger partial charge in [-0.1, -0.05) is 6.07 Å². The van der Waals surface area contributed by atoms with Crippen LogP contribution in [0.2, 0.25) is 0 Å². The highest BCUT2D eigenvalue weighted by molar-refractivity contribution is 7.89. The van der Waals surface area contributed by atoms with Crippen molar-refractivity contribution in [2.75, 3.05) is 27.4 Å². The first-order valence-corrected chi connectivity index (χ1v) is 8.15. The summed E-state index contributed by atoms with van der Waals surface area (Å²) in [4.78, 5) is 0.251. The molecule has 0 saturated heterocycles. The quantitative estimate of drug-likeness (QED) is 0.737. The number of hydrogen-bond donors (Lipinski definition) is 2. The van der Waals surface area contributed by atoms with E-state index in [4.69, 9.17) is 15.2 Å². The Morgan fingerprint density at radius 3 is 2.43 bits per heavy atom. The van der Waals surface area contributed by atoms with Gasteiger partial charge in [-0.2, -0.15) is 0 Å². The SMILES string of the molecule is COCC(CNS(=O)(=O)c1cc(CN)c(C)cc1C)OC. The predicted octanol–water partition coefficient (Wildman–Crippen LogP) is 0.702. The van der Waals surface area contributed by atoms with Crippen molar-refractivity contribution in [2.24, 2.45) is 5.73 Å². The predicted molar refractivity (Wildman–Crippen MR) is 81.7 cm³/mol. The van der Waals surface area contributed by atoms with Crippen LogP contribution in [0.5, 0.6) is 0 Å². The van der Waals surface area contributed by atoms with Crippen molar-refractivity contribution in [3.8, 4) is 0 Å². The molecule has 21 heavy (non-hydrogen) atoms. The lowest BCUT2D eigenvalue weighted by molar-refractivity contribution is 0.0320. The van der Waals surface area contributed by atoms with E-state index in [0.29, 0.717) is 18.7 Å². The third-order valence-corrected chi connectivity index (χ3v) is 4.90. The molecule has 1 rings (SSSR count). The van der Waals surface area contributed by atoms with E-state index in [1.165, 1.54) is 14.2 Å². The van der Waals surface area contributed by atoms with E-state index in [9.17, 15) is 8.42 Å². The minimum Gasteiger partial charge on any atom is -0.382 e. The molecule has 1 unspecified atom stereocenters. The van der Waals surface area contributed by atoms with Gasteiger partial charge in [-0.05, 0) is 36.6 Å². The molecule has 0 radical (unpaired) electrons. The minimum atomic E-state index is -3.60. The lowest BCUT2D eigenvalue weighted by Gasteiger charge is -2.17. The van der Waals surface area contributed by atoms with E-state index in [1.54, 1.807) is 13.0 Å². The fourth-order valence-electron chi connectivity index (χ4n) is 2.06. The minimum absolute atomic E-state index is 0.151. The summed E-state index contributed by atoms with van der Waals surface area (Å²) >= 11 is 0. The van der Waals surface area contributed by atoms with Crippen LogP contribution in [0.4, 0.5) is 0 Å². The van der Waals surface area contributed by atoms with Gasteiger partial charge in [-0.25, -0.2) is 13.1 Å². The zero-order valence-corrected chi connectivity index (χ0v) is 13.8. The molecule has 120 valence electrons. The Bertz CT molecular complexity index is 573. The number of hydrogen-bond acceptors (Lipinski definition) is 5. The standard InChI is InChI=1S/C14H24N2O4S/c1-10-5-11(2)14(6-12(10)7-15)21(17,18)16-8-13(20-4)9-19-3/h5-6,13,16H,7-9,15H2,1-4H3. The molecule has 0 aliphatic carbocycles. The lowest BCUT2D eigenvalue weighted by Crippen LogP contribution is -2.36. The van der Waals surface area contributed by atoms with Crippen molar-refractivity contribution in [1.29, 1.82) is 0 Å². The molecule has 1 atom stereocenters.